The van der Waals surface area contributed by atoms with Crippen molar-refractivity contribution < 1.29 is 4.39 Å². The summed E-state index contributed by atoms with van der Waals surface area (Å²) < 4.78 is 14.5. The van der Waals surface area contributed by atoms with Crippen LogP contribution in [0.1, 0.15) is 29.7 Å². The van der Waals surface area contributed by atoms with Crippen molar-refractivity contribution in [3.8, 4) is 0 Å². The van der Waals surface area contributed by atoms with E-state index in [0.29, 0.717) is 5.02 Å². The van der Waals surface area contributed by atoms with Gasteiger partial charge in [-0.2, -0.15) is 0 Å². The first-order valence-electron chi connectivity index (χ1n) is 6.46. The van der Waals surface area contributed by atoms with Gasteiger partial charge >= 0.3 is 0 Å². The van der Waals surface area contributed by atoms with Gasteiger partial charge in [0.2, 0.25) is 0 Å². The second kappa shape index (κ2) is 6.70. The van der Waals surface area contributed by atoms with Crippen molar-refractivity contribution in [2.45, 2.75) is 19.9 Å². The molecular formula is C16H16BrClFN. The first-order valence-corrected chi connectivity index (χ1v) is 7.63. The van der Waals surface area contributed by atoms with Gasteiger partial charge in [-0.3, -0.25) is 0 Å². The lowest BCUT2D eigenvalue weighted by Gasteiger charge is -2.20. The summed E-state index contributed by atoms with van der Waals surface area (Å²) in [6.07, 6.45) is 0. The molecular weight excluding hydrogens is 341 g/mol. The van der Waals surface area contributed by atoms with Crippen LogP contribution in [-0.4, -0.2) is 6.54 Å². The van der Waals surface area contributed by atoms with Gasteiger partial charge in [-0.15, -0.1) is 0 Å². The third-order valence-electron chi connectivity index (χ3n) is 3.08. The van der Waals surface area contributed by atoms with E-state index >= 15 is 0 Å². The van der Waals surface area contributed by atoms with Gasteiger partial charge in [-0.05, 0) is 70.4 Å². The number of rotatable bonds is 4. The van der Waals surface area contributed by atoms with Crippen molar-refractivity contribution >= 4 is 27.5 Å². The molecule has 0 spiro atoms. The highest BCUT2D eigenvalue weighted by atomic mass is 79.9. The molecule has 20 heavy (non-hydrogen) atoms. The zero-order valence-electron chi connectivity index (χ0n) is 11.4. The molecule has 1 N–H and O–H groups in total. The first kappa shape index (κ1) is 15.5. The van der Waals surface area contributed by atoms with Crippen LogP contribution >= 0.6 is 27.5 Å². The lowest BCUT2D eigenvalue weighted by molar-refractivity contribution is 0.601. The van der Waals surface area contributed by atoms with Crippen molar-refractivity contribution in [3.63, 3.8) is 0 Å². The number of benzene rings is 2. The second-order valence-corrected chi connectivity index (χ2v) is 5.99. The summed E-state index contributed by atoms with van der Waals surface area (Å²) in [5, 5.41) is 4.05. The average Bonchev–Trinajstić information content (AvgIpc) is 2.38. The Morgan fingerprint density at radius 2 is 1.95 bits per heavy atom. The van der Waals surface area contributed by atoms with Crippen LogP contribution in [0.15, 0.2) is 40.9 Å². The standard InChI is InChI=1S/C16H16BrClFN/c1-3-20-16(11-4-5-15(18)14(17)9-11)12-6-10(2)7-13(19)8-12/h4-9,16,20H,3H2,1-2H3. The second-order valence-electron chi connectivity index (χ2n) is 4.73. The van der Waals surface area contributed by atoms with Gasteiger partial charge in [0.1, 0.15) is 5.82 Å². The van der Waals surface area contributed by atoms with Gasteiger partial charge in [0.25, 0.3) is 0 Å². The summed E-state index contributed by atoms with van der Waals surface area (Å²) in [5.41, 5.74) is 2.88. The molecule has 0 aromatic heterocycles. The van der Waals surface area contributed by atoms with E-state index in [1.807, 2.05) is 38.1 Å². The average molecular weight is 357 g/mol. The van der Waals surface area contributed by atoms with Crippen LogP contribution < -0.4 is 5.32 Å². The van der Waals surface area contributed by atoms with E-state index in [2.05, 4.69) is 21.2 Å². The maximum atomic E-state index is 13.6. The van der Waals surface area contributed by atoms with Crippen molar-refractivity contribution in [2.75, 3.05) is 6.54 Å². The highest BCUT2D eigenvalue weighted by Crippen LogP contribution is 2.29. The van der Waals surface area contributed by atoms with Gasteiger partial charge in [0, 0.05) is 4.47 Å². The minimum absolute atomic E-state index is 0.0528. The summed E-state index contributed by atoms with van der Waals surface area (Å²) in [6, 6.07) is 10.8. The van der Waals surface area contributed by atoms with Gasteiger partial charge in [0.05, 0.1) is 11.1 Å². The molecule has 0 aliphatic heterocycles. The fraction of sp³-hybridized carbons (Fsp3) is 0.250. The molecule has 106 valence electrons. The molecule has 1 unspecified atom stereocenters. The Kier molecular flexibility index (Phi) is 5.19. The van der Waals surface area contributed by atoms with Gasteiger partial charge in [-0.25, -0.2) is 4.39 Å². The zero-order valence-corrected chi connectivity index (χ0v) is 13.7. The largest absolute Gasteiger partial charge is 0.307 e. The molecule has 0 aliphatic rings. The topological polar surface area (TPSA) is 12.0 Å². The van der Waals surface area contributed by atoms with E-state index in [9.17, 15) is 4.39 Å². The summed E-state index contributed by atoms with van der Waals surface area (Å²) in [6.45, 7) is 4.72. The Labute approximate surface area is 132 Å². The molecule has 1 atom stereocenters. The molecule has 0 bridgehead atoms. The summed E-state index contributed by atoms with van der Waals surface area (Å²) in [7, 11) is 0. The highest BCUT2D eigenvalue weighted by Gasteiger charge is 2.15. The Balaban J connectivity index is 2.46. The molecule has 0 heterocycles. The van der Waals surface area contributed by atoms with E-state index in [1.54, 1.807) is 6.07 Å². The fourth-order valence-corrected chi connectivity index (χ4v) is 2.77. The van der Waals surface area contributed by atoms with Crippen molar-refractivity contribution in [2.24, 2.45) is 0 Å². The van der Waals surface area contributed by atoms with Crippen LogP contribution in [0, 0.1) is 12.7 Å². The quantitative estimate of drug-likeness (QED) is 0.789. The Bertz CT molecular complexity index is 595. The van der Waals surface area contributed by atoms with Crippen molar-refractivity contribution in [3.05, 3.63) is 68.4 Å². The molecule has 2 aromatic carbocycles. The Hall–Kier alpha value is -0.900. The molecule has 0 radical (unpaired) electrons. The lowest BCUT2D eigenvalue weighted by atomic mass is 9.97. The highest BCUT2D eigenvalue weighted by molar-refractivity contribution is 9.10. The van der Waals surface area contributed by atoms with E-state index < -0.39 is 0 Å². The number of aryl methyl sites for hydroxylation is 1. The smallest absolute Gasteiger partial charge is 0.123 e. The minimum Gasteiger partial charge on any atom is -0.307 e. The van der Waals surface area contributed by atoms with Gasteiger partial charge in [-0.1, -0.05) is 30.7 Å². The third-order valence-corrected chi connectivity index (χ3v) is 4.30. The van der Waals surface area contributed by atoms with E-state index in [-0.39, 0.29) is 11.9 Å². The summed E-state index contributed by atoms with van der Waals surface area (Å²) in [5.74, 6) is -0.212. The Morgan fingerprint density at radius 3 is 2.55 bits per heavy atom. The van der Waals surface area contributed by atoms with Crippen LogP contribution in [0.2, 0.25) is 5.02 Å². The summed E-state index contributed by atoms with van der Waals surface area (Å²) >= 11 is 9.46. The molecule has 1 nitrogen and oxygen atoms in total. The minimum atomic E-state index is -0.212. The number of nitrogens with one attached hydrogen (secondary N) is 1. The predicted octanol–water partition coefficient (Wildman–Crippen LogP) is 5.25. The molecule has 0 aliphatic carbocycles. The van der Waals surface area contributed by atoms with Crippen molar-refractivity contribution in [1.82, 2.24) is 5.32 Å². The van der Waals surface area contributed by atoms with Crippen LogP contribution in [0.3, 0.4) is 0 Å². The molecule has 4 heteroatoms. The molecule has 0 fully saturated rings. The number of hydrogen-bond acceptors (Lipinski definition) is 1. The van der Waals surface area contributed by atoms with E-state index in [0.717, 1.165) is 27.7 Å². The fourth-order valence-electron chi connectivity index (χ4n) is 2.26. The van der Waals surface area contributed by atoms with Crippen LogP contribution in [-0.2, 0) is 0 Å². The first-order chi connectivity index (χ1) is 9.51. The van der Waals surface area contributed by atoms with Crippen LogP contribution in [0.4, 0.5) is 4.39 Å². The Morgan fingerprint density at radius 1 is 1.20 bits per heavy atom. The molecule has 0 amide bonds. The molecule has 0 saturated heterocycles. The lowest BCUT2D eigenvalue weighted by Crippen LogP contribution is -2.22. The van der Waals surface area contributed by atoms with Crippen LogP contribution in [0.5, 0.6) is 0 Å². The molecule has 0 saturated carbocycles. The molecule has 2 aromatic rings. The van der Waals surface area contributed by atoms with Gasteiger partial charge in [0.15, 0.2) is 0 Å². The monoisotopic (exact) mass is 355 g/mol. The number of hydrogen-bond donors (Lipinski definition) is 1. The summed E-state index contributed by atoms with van der Waals surface area (Å²) in [4.78, 5) is 0. The molecule has 2 rings (SSSR count). The van der Waals surface area contributed by atoms with Crippen LogP contribution in [0.25, 0.3) is 0 Å². The maximum Gasteiger partial charge on any atom is 0.123 e. The van der Waals surface area contributed by atoms with Crippen molar-refractivity contribution in [1.29, 1.82) is 0 Å². The maximum absolute atomic E-state index is 13.6. The third kappa shape index (κ3) is 3.60. The van der Waals surface area contributed by atoms with Gasteiger partial charge < -0.3 is 5.32 Å². The zero-order chi connectivity index (χ0) is 14.7. The SMILES string of the molecule is CCNC(c1cc(C)cc(F)c1)c1ccc(Cl)c(Br)c1. The number of halogens is 3. The van der Waals surface area contributed by atoms with E-state index in [1.165, 1.54) is 6.07 Å². The normalized spacial score (nSPS) is 12.4. The van der Waals surface area contributed by atoms with E-state index in [4.69, 9.17) is 11.6 Å². The predicted molar refractivity (Wildman–Crippen MR) is 85.8 cm³/mol.